The summed E-state index contributed by atoms with van der Waals surface area (Å²) in [5.41, 5.74) is 1.85. The van der Waals surface area contributed by atoms with Gasteiger partial charge in [0.1, 0.15) is 0 Å². The lowest BCUT2D eigenvalue weighted by molar-refractivity contribution is 0.0650. The van der Waals surface area contributed by atoms with Crippen molar-refractivity contribution >= 4 is 6.03 Å². The van der Waals surface area contributed by atoms with Crippen molar-refractivity contribution in [2.45, 2.75) is 47.0 Å². The van der Waals surface area contributed by atoms with Crippen LogP contribution in [0.4, 0.5) is 4.79 Å². The molecule has 1 unspecified atom stereocenters. The Bertz CT molecular complexity index is 469. The zero-order valence-corrected chi connectivity index (χ0v) is 14.0. The molecule has 0 spiro atoms. The van der Waals surface area contributed by atoms with E-state index in [1.54, 1.807) is 0 Å². The highest BCUT2D eigenvalue weighted by Gasteiger charge is 2.22. The maximum absolute atomic E-state index is 11.8. The van der Waals surface area contributed by atoms with Crippen LogP contribution >= 0.6 is 0 Å². The summed E-state index contributed by atoms with van der Waals surface area (Å²) < 4.78 is 5.42. The van der Waals surface area contributed by atoms with Gasteiger partial charge in [0, 0.05) is 19.7 Å². The van der Waals surface area contributed by atoms with Gasteiger partial charge in [0.05, 0.1) is 12.7 Å². The van der Waals surface area contributed by atoms with Crippen molar-refractivity contribution in [1.29, 1.82) is 0 Å². The fraction of sp³-hybridized carbons (Fsp3) is 0.588. The fourth-order valence-corrected chi connectivity index (χ4v) is 1.82. The van der Waals surface area contributed by atoms with Crippen LogP contribution in [0.1, 0.15) is 38.8 Å². The van der Waals surface area contributed by atoms with Crippen molar-refractivity contribution in [2.24, 2.45) is 5.41 Å². The van der Waals surface area contributed by atoms with E-state index >= 15 is 0 Å². The second kappa shape index (κ2) is 8.76. The Labute approximate surface area is 133 Å². The van der Waals surface area contributed by atoms with Gasteiger partial charge in [0.15, 0.2) is 0 Å². The molecule has 0 fully saturated rings. The van der Waals surface area contributed by atoms with E-state index in [1.807, 2.05) is 52.0 Å². The molecule has 3 N–H and O–H groups in total. The number of hydrogen-bond donors (Lipinski definition) is 3. The lowest BCUT2D eigenvalue weighted by Gasteiger charge is -2.25. The Morgan fingerprint density at radius 3 is 2.45 bits per heavy atom. The van der Waals surface area contributed by atoms with Crippen LogP contribution < -0.4 is 10.6 Å². The molecule has 1 aromatic carbocycles. The van der Waals surface area contributed by atoms with Gasteiger partial charge in [-0.15, -0.1) is 0 Å². The van der Waals surface area contributed by atoms with E-state index < -0.39 is 6.10 Å². The van der Waals surface area contributed by atoms with Crippen molar-refractivity contribution in [3.8, 4) is 0 Å². The first-order valence-corrected chi connectivity index (χ1v) is 7.69. The number of aliphatic hydroxyl groups is 1. The van der Waals surface area contributed by atoms with Gasteiger partial charge < -0.3 is 20.5 Å². The molecular formula is C17H28N2O3. The molecule has 0 aliphatic carbocycles. The number of carbonyl (C=O) groups excluding carboxylic acids is 1. The fourth-order valence-electron chi connectivity index (χ4n) is 1.82. The summed E-state index contributed by atoms with van der Waals surface area (Å²) in [4.78, 5) is 11.8. The van der Waals surface area contributed by atoms with E-state index in [1.165, 1.54) is 0 Å². The molecule has 0 bridgehead atoms. The quantitative estimate of drug-likeness (QED) is 0.724. The zero-order chi connectivity index (χ0) is 16.6. The van der Waals surface area contributed by atoms with Crippen LogP contribution in [-0.2, 0) is 17.9 Å². The molecule has 0 radical (unpaired) electrons. The van der Waals surface area contributed by atoms with E-state index in [2.05, 4.69) is 10.6 Å². The first kappa shape index (κ1) is 18.5. The first-order chi connectivity index (χ1) is 10.3. The van der Waals surface area contributed by atoms with Crippen molar-refractivity contribution in [1.82, 2.24) is 10.6 Å². The Balaban J connectivity index is 2.44. The second-order valence-corrected chi connectivity index (χ2v) is 6.35. The zero-order valence-electron chi connectivity index (χ0n) is 14.0. The van der Waals surface area contributed by atoms with Gasteiger partial charge in [-0.05, 0) is 23.5 Å². The molecule has 2 amide bonds. The monoisotopic (exact) mass is 308 g/mol. The third-order valence-electron chi connectivity index (χ3n) is 3.48. The number of amides is 2. The summed E-state index contributed by atoms with van der Waals surface area (Å²) in [7, 11) is 0. The molecule has 1 rings (SSSR count). The highest BCUT2D eigenvalue weighted by atomic mass is 16.5. The predicted octanol–water partition coefficient (Wildman–Crippen LogP) is 2.43. The van der Waals surface area contributed by atoms with Gasteiger partial charge >= 0.3 is 6.03 Å². The summed E-state index contributed by atoms with van der Waals surface area (Å²) in [6.07, 6.45) is -0.580. The molecular weight excluding hydrogens is 280 g/mol. The van der Waals surface area contributed by atoms with Crippen LogP contribution in [0.3, 0.4) is 0 Å². The molecule has 0 aliphatic heterocycles. The van der Waals surface area contributed by atoms with E-state index in [-0.39, 0.29) is 18.0 Å². The third-order valence-corrected chi connectivity index (χ3v) is 3.48. The number of hydrogen-bond acceptors (Lipinski definition) is 3. The molecule has 5 heteroatoms. The molecule has 1 aromatic rings. The maximum atomic E-state index is 11.8. The normalized spacial score (nSPS) is 12.8. The van der Waals surface area contributed by atoms with Crippen LogP contribution in [0, 0.1) is 5.41 Å². The molecule has 0 aromatic heterocycles. The topological polar surface area (TPSA) is 70.6 Å². The van der Waals surface area contributed by atoms with E-state index in [0.29, 0.717) is 19.8 Å². The van der Waals surface area contributed by atoms with Crippen LogP contribution in [0.5, 0.6) is 0 Å². The maximum Gasteiger partial charge on any atom is 0.315 e. The molecule has 22 heavy (non-hydrogen) atoms. The number of rotatable bonds is 7. The van der Waals surface area contributed by atoms with Gasteiger partial charge in [-0.3, -0.25) is 0 Å². The molecule has 1 atom stereocenters. The standard InChI is InChI=1S/C17H28N2O3/c1-5-22-12-14-9-7-6-8-13(14)10-18-16(21)19-11-15(20)17(2,3)4/h6-9,15,20H,5,10-12H2,1-4H3,(H2,18,19,21). The van der Waals surface area contributed by atoms with Crippen LogP contribution in [0.2, 0.25) is 0 Å². The minimum atomic E-state index is -0.580. The number of ether oxygens (including phenoxy) is 1. The van der Waals surface area contributed by atoms with E-state index in [4.69, 9.17) is 4.74 Å². The first-order valence-electron chi connectivity index (χ1n) is 7.69. The smallest absolute Gasteiger partial charge is 0.315 e. The molecule has 124 valence electrons. The number of aliphatic hydroxyl groups excluding tert-OH is 1. The number of urea groups is 1. The van der Waals surface area contributed by atoms with Gasteiger partial charge in [0.2, 0.25) is 0 Å². The van der Waals surface area contributed by atoms with Crippen LogP contribution in [-0.4, -0.2) is 30.4 Å². The summed E-state index contributed by atoms with van der Waals surface area (Å²) >= 11 is 0. The van der Waals surface area contributed by atoms with Crippen molar-refractivity contribution in [3.05, 3.63) is 35.4 Å². The Hall–Kier alpha value is -1.59. The van der Waals surface area contributed by atoms with Gasteiger partial charge in [-0.1, -0.05) is 45.0 Å². The Morgan fingerprint density at radius 1 is 1.23 bits per heavy atom. The van der Waals surface area contributed by atoms with Crippen LogP contribution in [0.15, 0.2) is 24.3 Å². The van der Waals surface area contributed by atoms with Gasteiger partial charge in [0.25, 0.3) is 0 Å². The van der Waals surface area contributed by atoms with E-state index in [9.17, 15) is 9.90 Å². The van der Waals surface area contributed by atoms with E-state index in [0.717, 1.165) is 11.1 Å². The van der Waals surface area contributed by atoms with Crippen molar-refractivity contribution in [3.63, 3.8) is 0 Å². The predicted molar refractivity (Wildman–Crippen MR) is 87.5 cm³/mol. The summed E-state index contributed by atoms with van der Waals surface area (Å²) in [6.45, 7) is 9.61. The minimum absolute atomic E-state index is 0.232. The molecule has 0 heterocycles. The van der Waals surface area contributed by atoms with Gasteiger partial charge in [-0.25, -0.2) is 4.79 Å². The molecule has 5 nitrogen and oxygen atoms in total. The lowest BCUT2D eigenvalue weighted by Crippen LogP contribution is -2.43. The average Bonchev–Trinajstić information content (AvgIpc) is 2.48. The van der Waals surface area contributed by atoms with Gasteiger partial charge in [-0.2, -0.15) is 0 Å². The third kappa shape index (κ3) is 6.45. The number of benzene rings is 1. The average molecular weight is 308 g/mol. The highest BCUT2D eigenvalue weighted by molar-refractivity contribution is 5.73. The highest BCUT2D eigenvalue weighted by Crippen LogP contribution is 2.18. The minimum Gasteiger partial charge on any atom is -0.391 e. The summed E-state index contributed by atoms with van der Waals surface area (Å²) in [5.74, 6) is 0. The van der Waals surface area contributed by atoms with Crippen molar-refractivity contribution < 1.29 is 14.6 Å². The molecule has 0 saturated heterocycles. The second-order valence-electron chi connectivity index (χ2n) is 6.35. The lowest BCUT2D eigenvalue weighted by atomic mass is 9.89. The van der Waals surface area contributed by atoms with Crippen molar-refractivity contribution in [2.75, 3.05) is 13.2 Å². The SMILES string of the molecule is CCOCc1ccccc1CNC(=O)NCC(O)C(C)(C)C. The van der Waals surface area contributed by atoms with Crippen LogP contribution in [0.25, 0.3) is 0 Å². The summed E-state index contributed by atoms with van der Waals surface area (Å²) in [6, 6.07) is 7.58. The molecule has 0 saturated carbocycles. The number of nitrogens with one attached hydrogen (secondary N) is 2. The summed E-state index contributed by atoms with van der Waals surface area (Å²) in [5, 5.41) is 15.4. The Kier molecular flexibility index (Phi) is 7.35. The Morgan fingerprint density at radius 2 is 1.86 bits per heavy atom. The largest absolute Gasteiger partial charge is 0.391 e. The molecule has 0 aliphatic rings. The number of carbonyl (C=O) groups is 1.